The van der Waals surface area contributed by atoms with E-state index >= 15 is 0 Å². The number of hydrogen-bond donors (Lipinski definition) is 1. The lowest BCUT2D eigenvalue weighted by molar-refractivity contribution is -0.384. The molecule has 0 aliphatic rings. The quantitative estimate of drug-likeness (QED) is 0.651. The van der Waals surface area contributed by atoms with E-state index < -0.39 is 4.92 Å². The van der Waals surface area contributed by atoms with Crippen molar-refractivity contribution in [2.24, 2.45) is 0 Å². The first-order chi connectivity index (χ1) is 7.76. The van der Waals surface area contributed by atoms with Crippen molar-refractivity contribution < 1.29 is 4.92 Å². The van der Waals surface area contributed by atoms with E-state index in [1.165, 1.54) is 12.1 Å². The van der Waals surface area contributed by atoms with Gasteiger partial charge in [0, 0.05) is 17.7 Å². The van der Waals surface area contributed by atoms with E-state index in [9.17, 15) is 10.1 Å². The Morgan fingerprint density at radius 2 is 1.82 bits per heavy atom. The van der Waals surface area contributed by atoms with Crippen LogP contribution < -0.4 is 5.32 Å². The maximum absolute atomic E-state index is 10.6. The predicted octanol–water partition coefficient (Wildman–Crippen LogP) is 4.50. The third-order valence-corrected chi connectivity index (χ3v) is 3.18. The molecule has 1 rings (SSSR count). The summed E-state index contributed by atoms with van der Waals surface area (Å²) in [6, 6.07) is 2.59. The van der Waals surface area contributed by atoms with Gasteiger partial charge in [-0.25, -0.2) is 0 Å². The molecular weight excluding hydrogens is 263 g/mol. The number of non-ortho nitro benzene ring substituents is 1. The number of hydrogen-bond acceptors (Lipinski definition) is 3. The first-order valence-electron chi connectivity index (χ1n) is 5.18. The van der Waals surface area contributed by atoms with Gasteiger partial charge >= 0.3 is 0 Å². The Balaban J connectivity index is 3.15. The van der Waals surface area contributed by atoms with Crippen LogP contribution >= 0.6 is 23.2 Å². The zero-order valence-electron chi connectivity index (χ0n) is 9.88. The molecule has 1 aromatic carbocycles. The number of nitro benzene ring substituents is 1. The highest BCUT2D eigenvalue weighted by atomic mass is 35.5. The maximum Gasteiger partial charge on any atom is 0.272 e. The van der Waals surface area contributed by atoms with Gasteiger partial charge in [0.2, 0.25) is 0 Å². The van der Waals surface area contributed by atoms with Gasteiger partial charge in [0.25, 0.3) is 5.69 Å². The fraction of sp³-hybridized carbons (Fsp3) is 0.455. The number of nitrogens with one attached hydrogen (secondary N) is 1. The van der Waals surface area contributed by atoms with Gasteiger partial charge in [0.1, 0.15) is 0 Å². The molecule has 0 aliphatic carbocycles. The summed E-state index contributed by atoms with van der Waals surface area (Å²) in [7, 11) is 0. The van der Waals surface area contributed by atoms with E-state index in [1.807, 2.05) is 20.8 Å². The van der Waals surface area contributed by atoms with Crippen molar-refractivity contribution in [3.8, 4) is 0 Å². The number of rotatable bonds is 4. The Kier molecular flexibility index (Phi) is 4.22. The third-order valence-electron chi connectivity index (χ3n) is 2.58. The van der Waals surface area contributed by atoms with Crippen LogP contribution in [-0.4, -0.2) is 10.5 Å². The van der Waals surface area contributed by atoms with Gasteiger partial charge in [-0.1, -0.05) is 30.1 Å². The number of benzene rings is 1. The van der Waals surface area contributed by atoms with E-state index in [0.29, 0.717) is 5.69 Å². The number of nitrogens with zero attached hydrogens (tertiary/aromatic N) is 1. The number of anilines is 1. The monoisotopic (exact) mass is 276 g/mol. The minimum atomic E-state index is -0.521. The van der Waals surface area contributed by atoms with Crippen LogP contribution in [0.3, 0.4) is 0 Å². The molecule has 94 valence electrons. The van der Waals surface area contributed by atoms with E-state index in [-0.39, 0.29) is 21.3 Å². The zero-order valence-corrected chi connectivity index (χ0v) is 11.4. The first kappa shape index (κ1) is 14.1. The molecule has 0 bridgehead atoms. The fourth-order valence-electron chi connectivity index (χ4n) is 1.21. The van der Waals surface area contributed by atoms with E-state index in [2.05, 4.69) is 5.32 Å². The molecule has 0 aromatic heterocycles. The molecule has 0 heterocycles. The summed E-state index contributed by atoms with van der Waals surface area (Å²) in [5, 5.41) is 14.3. The summed E-state index contributed by atoms with van der Waals surface area (Å²) in [4.78, 5) is 10.1. The van der Waals surface area contributed by atoms with Gasteiger partial charge in [0.05, 0.1) is 20.7 Å². The predicted molar refractivity (Wildman–Crippen MR) is 71.1 cm³/mol. The first-order valence-corrected chi connectivity index (χ1v) is 5.94. The summed E-state index contributed by atoms with van der Waals surface area (Å²) in [6.07, 6.45) is 0.872. The van der Waals surface area contributed by atoms with Gasteiger partial charge in [-0.05, 0) is 20.3 Å². The molecule has 0 aliphatic heterocycles. The van der Waals surface area contributed by atoms with Crippen molar-refractivity contribution in [2.75, 3.05) is 5.32 Å². The lowest BCUT2D eigenvalue weighted by atomic mass is 10.0. The van der Waals surface area contributed by atoms with Crippen molar-refractivity contribution in [1.29, 1.82) is 0 Å². The SMILES string of the molecule is CCC(C)(C)Nc1c(Cl)cc([N+](=O)[O-])cc1Cl. The van der Waals surface area contributed by atoms with Crippen LogP contribution in [0.4, 0.5) is 11.4 Å². The standard InChI is InChI=1S/C11H14Cl2N2O2/c1-4-11(2,3)14-10-8(12)5-7(15(16)17)6-9(10)13/h5-6,14H,4H2,1-3H3. The molecule has 0 spiro atoms. The molecule has 0 radical (unpaired) electrons. The Morgan fingerprint density at radius 1 is 1.35 bits per heavy atom. The largest absolute Gasteiger partial charge is 0.378 e. The molecule has 1 aromatic rings. The van der Waals surface area contributed by atoms with Crippen molar-refractivity contribution >= 4 is 34.6 Å². The Morgan fingerprint density at radius 3 is 2.18 bits per heavy atom. The zero-order chi connectivity index (χ0) is 13.2. The molecule has 17 heavy (non-hydrogen) atoms. The van der Waals surface area contributed by atoms with Gasteiger partial charge < -0.3 is 5.32 Å². The lowest BCUT2D eigenvalue weighted by Crippen LogP contribution is -2.29. The smallest absolute Gasteiger partial charge is 0.272 e. The lowest BCUT2D eigenvalue weighted by Gasteiger charge is -2.27. The number of nitro groups is 1. The Hall–Kier alpha value is -1.00. The van der Waals surface area contributed by atoms with E-state index in [0.717, 1.165) is 6.42 Å². The van der Waals surface area contributed by atoms with E-state index in [4.69, 9.17) is 23.2 Å². The average molecular weight is 277 g/mol. The molecule has 0 saturated carbocycles. The summed E-state index contributed by atoms with van der Waals surface area (Å²) < 4.78 is 0. The van der Waals surface area contributed by atoms with Gasteiger partial charge in [-0.3, -0.25) is 10.1 Å². The van der Waals surface area contributed by atoms with Crippen molar-refractivity contribution in [1.82, 2.24) is 0 Å². The molecule has 4 nitrogen and oxygen atoms in total. The van der Waals surface area contributed by atoms with Crippen LogP contribution in [0.5, 0.6) is 0 Å². The van der Waals surface area contributed by atoms with E-state index in [1.54, 1.807) is 0 Å². The Labute approximate surface area is 110 Å². The van der Waals surface area contributed by atoms with Crippen LogP contribution in [0, 0.1) is 10.1 Å². The van der Waals surface area contributed by atoms with Crippen molar-refractivity contribution in [3.63, 3.8) is 0 Å². The minimum absolute atomic E-state index is 0.111. The second-order valence-electron chi connectivity index (χ2n) is 4.40. The van der Waals surface area contributed by atoms with Crippen LogP contribution in [0.2, 0.25) is 10.0 Å². The molecule has 0 amide bonds. The maximum atomic E-state index is 10.6. The Bertz CT molecular complexity index is 424. The molecule has 0 saturated heterocycles. The van der Waals surface area contributed by atoms with Crippen molar-refractivity contribution in [2.45, 2.75) is 32.7 Å². The summed E-state index contributed by atoms with van der Waals surface area (Å²) in [5.41, 5.74) is 0.245. The van der Waals surface area contributed by atoms with Crippen LogP contribution in [0.15, 0.2) is 12.1 Å². The summed E-state index contributed by atoms with van der Waals surface area (Å²) in [5.74, 6) is 0. The molecule has 6 heteroatoms. The van der Waals surface area contributed by atoms with Crippen molar-refractivity contribution in [3.05, 3.63) is 32.3 Å². The second kappa shape index (κ2) is 5.10. The normalized spacial score (nSPS) is 11.4. The third kappa shape index (κ3) is 3.48. The molecular formula is C11H14Cl2N2O2. The molecule has 0 unspecified atom stereocenters. The highest BCUT2D eigenvalue weighted by molar-refractivity contribution is 6.39. The highest BCUT2D eigenvalue weighted by Crippen LogP contribution is 2.36. The molecule has 1 N–H and O–H groups in total. The fourth-order valence-corrected chi connectivity index (χ4v) is 1.78. The highest BCUT2D eigenvalue weighted by Gasteiger charge is 2.20. The second-order valence-corrected chi connectivity index (χ2v) is 5.22. The van der Waals surface area contributed by atoms with Crippen LogP contribution in [0.25, 0.3) is 0 Å². The molecule has 0 fully saturated rings. The van der Waals surface area contributed by atoms with Crippen LogP contribution in [0.1, 0.15) is 27.2 Å². The summed E-state index contributed by atoms with van der Waals surface area (Å²) in [6.45, 7) is 6.03. The van der Waals surface area contributed by atoms with Crippen LogP contribution in [-0.2, 0) is 0 Å². The van der Waals surface area contributed by atoms with Gasteiger partial charge in [-0.2, -0.15) is 0 Å². The topological polar surface area (TPSA) is 55.2 Å². The minimum Gasteiger partial charge on any atom is -0.378 e. The van der Waals surface area contributed by atoms with Gasteiger partial charge in [-0.15, -0.1) is 0 Å². The summed E-state index contributed by atoms with van der Waals surface area (Å²) >= 11 is 12.0. The number of halogens is 2. The molecule has 0 atom stereocenters. The average Bonchev–Trinajstić information content (AvgIpc) is 2.23. The van der Waals surface area contributed by atoms with Gasteiger partial charge in [0.15, 0.2) is 0 Å².